The average Bonchev–Trinajstić information content (AvgIpc) is 3.59. The standard InChI is InChI=1S/C27H25N.C17H20BNO2.C16H17Br.CH4/c1-2-10-22(11-3-1)12-4-5-13-23-14-8-15-24(20-23)25-16-9-17-26(21-25)27-18-6-7-19-28-27;1-16(2)17(3,4)21-18(20-16)14-9-7-8-13(12-14)15-10-5-6-11-19-15;17-16-12-6-11-15(13-16)10-5-4-9-14-7-2-1-3-8-14;/h1-3,6-11,14-21H,4-5,12-13H2;5-12H,1-4H3;1-3,6-8,11-13H,4-5,9-10H2;1H4. The van der Waals surface area contributed by atoms with Gasteiger partial charge in [0, 0.05) is 22.4 Å². The van der Waals surface area contributed by atoms with Crippen molar-refractivity contribution >= 4 is 28.5 Å². The Balaban J connectivity index is 0.000000170. The fourth-order valence-electron chi connectivity index (χ4n) is 7.95. The highest BCUT2D eigenvalue weighted by Gasteiger charge is 2.51. The van der Waals surface area contributed by atoms with Crippen LogP contribution in [0.3, 0.4) is 0 Å². The van der Waals surface area contributed by atoms with Gasteiger partial charge < -0.3 is 9.31 Å². The van der Waals surface area contributed by atoms with Gasteiger partial charge >= 0.3 is 7.12 Å². The second kappa shape index (κ2) is 25.3. The molecule has 342 valence electrons. The summed E-state index contributed by atoms with van der Waals surface area (Å²) in [7, 11) is -0.335. The number of rotatable bonds is 14. The van der Waals surface area contributed by atoms with Crippen LogP contribution in [-0.2, 0) is 35.0 Å². The summed E-state index contributed by atoms with van der Waals surface area (Å²) in [6.07, 6.45) is 13.3. The zero-order valence-corrected chi connectivity index (χ0v) is 40.5. The van der Waals surface area contributed by atoms with Gasteiger partial charge in [-0.3, -0.25) is 9.97 Å². The summed E-state index contributed by atoms with van der Waals surface area (Å²) in [6, 6.07) is 67.8. The Morgan fingerprint density at radius 2 is 0.806 bits per heavy atom. The van der Waals surface area contributed by atoms with Crippen molar-refractivity contribution in [3.8, 4) is 33.6 Å². The zero-order chi connectivity index (χ0) is 46.0. The van der Waals surface area contributed by atoms with E-state index in [9.17, 15) is 0 Å². The highest BCUT2D eigenvalue weighted by atomic mass is 79.9. The first kappa shape index (κ1) is 50.5. The van der Waals surface area contributed by atoms with E-state index >= 15 is 0 Å². The summed E-state index contributed by atoms with van der Waals surface area (Å²) in [5, 5.41) is 0. The zero-order valence-electron chi connectivity index (χ0n) is 39.0. The van der Waals surface area contributed by atoms with Gasteiger partial charge in [0.15, 0.2) is 0 Å². The van der Waals surface area contributed by atoms with Gasteiger partial charge in [0.2, 0.25) is 0 Å². The van der Waals surface area contributed by atoms with E-state index in [4.69, 9.17) is 9.31 Å². The molecule has 1 aliphatic rings. The molecule has 6 heteroatoms. The lowest BCUT2D eigenvalue weighted by Crippen LogP contribution is -2.41. The Kier molecular flexibility index (Phi) is 19.1. The largest absolute Gasteiger partial charge is 0.494 e. The molecule has 1 fully saturated rings. The van der Waals surface area contributed by atoms with Crippen LogP contribution in [0.4, 0.5) is 0 Å². The van der Waals surface area contributed by atoms with Crippen LogP contribution >= 0.6 is 15.9 Å². The number of unbranched alkanes of at least 4 members (excludes halogenated alkanes) is 2. The van der Waals surface area contributed by atoms with Crippen LogP contribution in [0.2, 0.25) is 0 Å². The van der Waals surface area contributed by atoms with Crippen molar-refractivity contribution in [3.63, 3.8) is 0 Å². The molecule has 67 heavy (non-hydrogen) atoms. The molecule has 0 aliphatic carbocycles. The molecule has 9 rings (SSSR count). The Morgan fingerprint density at radius 3 is 1.31 bits per heavy atom. The molecule has 0 bridgehead atoms. The van der Waals surface area contributed by atoms with Crippen LogP contribution in [0.15, 0.2) is 211 Å². The number of halogens is 1. The summed E-state index contributed by atoms with van der Waals surface area (Å²) >= 11 is 3.51. The van der Waals surface area contributed by atoms with E-state index in [-0.39, 0.29) is 25.7 Å². The van der Waals surface area contributed by atoms with Gasteiger partial charge in [0.05, 0.1) is 22.6 Å². The summed E-state index contributed by atoms with van der Waals surface area (Å²) in [6.45, 7) is 8.26. The Labute approximate surface area is 410 Å². The van der Waals surface area contributed by atoms with Crippen molar-refractivity contribution in [2.75, 3.05) is 0 Å². The maximum Gasteiger partial charge on any atom is 0.494 e. The number of aryl methyl sites for hydroxylation is 4. The second-order valence-electron chi connectivity index (χ2n) is 17.9. The van der Waals surface area contributed by atoms with Crippen LogP contribution < -0.4 is 5.46 Å². The molecular formula is C61H66BBrN2O2. The summed E-state index contributed by atoms with van der Waals surface area (Å²) in [5.74, 6) is 0. The fourth-order valence-corrected chi connectivity index (χ4v) is 8.40. The molecule has 2 aromatic heterocycles. The van der Waals surface area contributed by atoms with Gasteiger partial charge in [-0.15, -0.1) is 0 Å². The van der Waals surface area contributed by atoms with Crippen LogP contribution in [0.1, 0.15) is 83.1 Å². The van der Waals surface area contributed by atoms with Gasteiger partial charge in [0.1, 0.15) is 0 Å². The molecule has 8 aromatic rings. The van der Waals surface area contributed by atoms with Gasteiger partial charge in [-0.2, -0.15) is 0 Å². The van der Waals surface area contributed by atoms with Gasteiger partial charge in [-0.05, 0) is 166 Å². The molecule has 6 aromatic carbocycles. The fraction of sp³-hybridized carbons (Fsp3) is 0.246. The molecule has 4 nitrogen and oxygen atoms in total. The molecular weight excluding hydrogens is 883 g/mol. The second-order valence-corrected chi connectivity index (χ2v) is 18.9. The van der Waals surface area contributed by atoms with Crippen LogP contribution in [-0.4, -0.2) is 28.3 Å². The molecule has 0 radical (unpaired) electrons. The van der Waals surface area contributed by atoms with E-state index < -0.39 is 0 Å². The lowest BCUT2D eigenvalue weighted by molar-refractivity contribution is 0.00578. The normalized spacial score (nSPS) is 13.3. The van der Waals surface area contributed by atoms with Gasteiger partial charge in [0.25, 0.3) is 0 Å². The predicted octanol–water partition coefficient (Wildman–Crippen LogP) is 15.7. The Morgan fingerprint density at radius 1 is 0.403 bits per heavy atom. The summed E-state index contributed by atoms with van der Waals surface area (Å²) in [5.41, 5.74) is 12.8. The Bertz CT molecular complexity index is 2660. The third kappa shape index (κ3) is 15.3. The molecule has 1 saturated heterocycles. The van der Waals surface area contributed by atoms with Crippen LogP contribution in [0.5, 0.6) is 0 Å². The monoisotopic (exact) mass is 948 g/mol. The minimum absolute atomic E-state index is 0. The summed E-state index contributed by atoms with van der Waals surface area (Å²) in [4.78, 5) is 8.87. The van der Waals surface area contributed by atoms with E-state index in [1.807, 2.05) is 48.7 Å². The van der Waals surface area contributed by atoms with Gasteiger partial charge in [-0.25, -0.2) is 0 Å². The topological polar surface area (TPSA) is 44.2 Å². The van der Waals surface area contributed by atoms with Crippen molar-refractivity contribution in [1.29, 1.82) is 0 Å². The molecule has 0 saturated carbocycles. The average molecular weight is 950 g/mol. The first-order chi connectivity index (χ1) is 32.1. The molecule has 0 spiro atoms. The van der Waals surface area contributed by atoms with Crippen molar-refractivity contribution in [2.45, 2.75) is 97.7 Å². The van der Waals surface area contributed by atoms with Crippen molar-refractivity contribution in [2.24, 2.45) is 0 Å². The number of hydrogen-bond acceptors (Lipinski definition) is 4. The number of pyridine rings is 2. The quantitative estimate of drug-likeness (QED) is 0.0805. The molecule has 3 heterocycles. The third-order valence-electron chi connectivity index (χ3n) is 12.4. The summed E-state index contributed by atoms with van der Waals surface area (Å²) < 4.78 is 13.4. The molecule has 1 aliphatic heterocycles. The number of aromatic nitrogens is 2. The maximum absolute atomic E-state index is 6.10. The van der Waals surface area contributed by atoms with Crippen molar-refractivity contribution < 1.29 is 9.31 Å². The maximum atomic E-state index is 6.10. The van der Waals surface area contributed by atoms with Crippen LogP contribution in [0, 0.1) is 0 Å². The van der Waals surface area contributed by atoms with E-state index in [1.54, 1.807) is 6.20 Å². The number of benzene rings is 6. The van der Waals surface area contributed by atoms with Crippen molar-refractivity contribution in [3.05, 3.63) is 233 Å². The van der Waals surface area contributed by atoms with Crippen molar-refractivity contribution in [1.82, 2.24) is 9.97 Å². The minimum Gasteiger partial charge on any atom is -0.399 e. The lowest BCUT2D eigenvalue weighted by atomic mass is 9.78. The minimum atomic E-state index is -0.335. The smallest absolute Gasteiger partial charge is 0.399 e. The lowest BCUT2D eigenvalue weighted by Gasteiger charge is -2.32. The van der Waals surface area contributed by atoms with E-state index in [0.29, 0.717) is 0 Å². The SMILES string of the molecule is Brc1cccc(CCCCc2ccccc2)c1.C.CC1(C)OB(c2cccc(-c3ccccn3)c2)OC1(C)C.c1ccc(CCCCc2cccc(-c3cccc(-c4ccccn4)c3)c2)cc1. The molecule has 0 N–H and O–H groups in total. The van der Waals surface area contributed by atoms with Crippen LogP contribution in [0.25, 0.3) is 33.6 Å². The molecule has 0 unspecified atom stereocenters. The van der Waals surface area contributed by atoms with E-state index in [0.717, 1.165) is 40.8 Å². The number of nitrogens with zero attached hydrogens (tertiary/aromatic N) is 2. The molecule has 0 amide bonds. The number of hydrogen-bond donors (Lipinski definition) is 0. The first-order valence-electron chi connectivity index (χ1n) is 23.4. The van der Waals surface area contributed by atoms with E-state index in [1.165, 1.54) is 76.4 Å². The highest BCUT2D eigenvalue weighted by Crippen LogP contribution is 2.36. The predicted molar refractivity (Wildman–Crippen MR) is 288 cm³/mol. The first-order valence-corrected chi connectivity index (χ1v) is 24.2. The Hall–Kier alpha value is -5.92. The van der Waals surface area contributed by atoms with E-state index in [2.05, 4.69) is 205 Å². The molecule has 0 atom stereocenters. The third-order valence-corrected chi connectivity index (χ3v) is 12.9. The highest BCUT2D eigenvalue weighted by molar-refractivity contribution is 9.10. The van der Waals surface area contributed by atoms with Gasteiger partial charge in [-0.1, -0.05) is 175 Å².